The number of aromatic nitrogens is 3. The molecule has 0 saturated carbocycles. The predicted molar refractivity (Wildman–Crippen MR) is 214 cm³/mol. The number of hydrogen-bond donors (Lipinski definition) is 1. The lowest BCUT2D eigenvalue weighted by Gasteiger charge is -2.47. The standard InChI is InChI=1S/C43H65N5O10/c1-12-33-43(8)37(48(41(53)58-43)19-14-13-18-47-23-31(45-24-47)30-16-15-17-44-22-30)27(4)34(49)25(2)21-42(7,54-11)38(28(5)35(50)29(6)39(52)56-33)57-40-36(51)32(46(9)10)20-26(3)55-40/h15-17,22-29,32-33,36-38,40,51H,12-14,18-21H2,1-11H3/t25-,26-,27+,28+,29-,32+,33-,36-,37?,38-,40+,42-,43-/m1/s1. The number of imidazole rings is 1. The fourth-order valence-electron chi connectivity index (χ4n) is 9.43. The van der Waals surface area contributed by atoms with Crippen molar-refractivity contribution in [2.45, 2.75) is 148 Å². The van der Waals surface area contributed by atoms with Gasteiger partial charge in [-0.1, -0.05) is 27.7 Å². The summed E-state index contributed by atoms with van der Waals surface area (Å²) in [7, 11) is 5.24. The van der Waals surface area contributed by atoms with E-state index in [0.29, 0.717) is 32.4 Å². The van der Waals surface area contributed by atoms with Crippen LogP contribution in [-0.2, 0) is 44.6 Å². The van der Waals surface area contributed by atoms with Crippen LogP contribution in [0.4, 0.5) is 4.79 Å². The number of esters is 1. The fraction of sp³-hybridized carbons (Fsp3) is 0.721. The van der Waals surface area contributed by atoms with Crippen LogP contribution in [0.1, 0.15) is 87.5 Å². The molecule has 15 heteroatoms. The maximum absolute atomic E-state index is 14.7. The Bertz CT molecular complexity index is 1740. The molecule has 322 valence electrons. The van der Waals surface area contributed by atoms with Gasteiger partial charge in [-0.15, -0.1) is 0 Å². The SMILES string of the molecule is CC[C@H]1OC(=O)[C@H](C)C(=O)[C@H](C)[C@@H](O[C@@H]2O[C@H](C)C[C@H](N(C)C)[C@H]2O)[C@](C)(OC)C[C@@H](C)C(=O)[C@H](C)C2N(CCCCn3cnc(-c4cccnc4)c3)C(=O)O[C@@]21C. The summed E-state index contributed by atoms with van der Waals surface area (Å²) in [5.74, 6) is -4.95. The zero-order valence-corrected chi connectivity index (χ0v) is 36.1. The number of ketones is 2. The van der Waals surface area contributed by atoms with E-state index in [4.69, 9.17) is 23.7 Å². The maximum atomic E-state index is 14.7. The van der Waals surface area contributed by atoms with E-state index in [1.165, 1.54) is 14.0 Å². The van der Waals surface area contributed by atoms with E-state index in [9.17, 15) is 24.3 Å². The summed E-state index contributed by atoms with van der Waals surface area (Å²) in [5.41, 5.74) is -0.938. The van der Waals surface area contributed by atoms with Crippen molar-refractivity contribution in [3.63, 3.8) is 0 Å². The third-order valence-corrected chi connectivity index (χ3v) is 12.8. The number of rotatable bonds is 11. The number of methoxy groups -OCH3 is 1. The highest BCUT2D eigenvalue weighted by Crippen LogP contribution is 2.43. The summed E-state index contributed by atoms with van der Waals surface area (Å²) in [5, 5.41) is 11.4. The largest absolute Gasteiger partial charge is 0.458 e. The molecular formula is C43H65N5O10. The zero-order valence-electron chi connectivity index (χ0n) is 36.1. The average Bonchev–Trinajstić information content (AvgIpc) is 3.78. The summed E-state index contributed by atoms with van der Waals surface area (Å²) in [6.45, 7) is 14.9. The highest BCUT2D eigenvalue weighted by Gasteiger charge is 2.60. The van der Waals surface area contributed by atoms with Crippen LogP contribution in [0.3, 0.4) is 0 Å². The minimum absolute atomic E-state index is 0.130. The highest BCUT2D eigenvalue weighted by molar-refractivity contribution is 6.00. The first kappa shape index (κ1) is 45.3. The Balaban J connectivity index is 1.43. The maximum Gasteiger partial charge on any atom is 0.410 e. The first-order chi connectivity index (χ1) is 27.4. The number of aryl methyl sites for hydroxylation is 1. The summed E-state index contributed by atoms with van der Waals surface area (Å²) in [6.07, 6.45) is 4.45. The van der Waals surface area contributed by atoms with Crippen molar-refractivity contribution in [2.24, 2.45) is 23.7 Å². The lowest BCUT2D eigenvalue weighted by Crippen LogP contribution is -2.60. The van der Waals surface area contributed by atoms with Gasteiger partial charge in [0.15, 0.2) is 17.7 Å². The zero-order chi connectivity index (χ0) is 42.7. The number of likely N-dealkylation sites (N-methyl/N-ethyl adjacent to an activating group) is 1. The van der Waals surface area contributed by atoms with Gasteiger partial charge in [0.05, 0.1) is 35.9 Å². The lowest BCUT2D eigenvalue weighted by atomic mass is 9.73. The molecule has 1 unspecified atom stereocenters. The number of Topliss-reactive ketones (excluding diaryl/α,β-unsaturated/α-hetero) is 2. The Kier molecular flexibility index (Phi) is 14.6. The van der Waals surface area contributed by atoms with E-state index >= 15 is 0 Å². The average molecular weight is 812 g/mol. The molecule has 1 amide bonds. The van der Waals surface area contributed by atoms with Crippen LogP contribution in [0.25, 0.3) is 11.3 Å². The van der Waals surface area contributed by atoms with Crippen LogP contribution >= 0.6 is 0 Å². The Morgan fingerprint density at radius 3 is 2.36 bits per heavy atom. The number of carbonyl (C=O) groups excluding carboxylic acids is 4. The molecule has 5 heterocycles. The number of ether oxygens (including phenoxy) is 5. The molecule has 3 aliphatic heterocycles. The van der Waals surface area contributed by atoms with Crippen LogP contribution in [0.15, 0.2) is 37.1 Å². The number of cyclic esters (lactones) is 1. The molecule has 3 fully saturated rings. The van der Waals surface area contributed by atoms with Crippen molar-refractivity contribution >= 4 is 23.6 Å². The number of unbranched alkanes of at least 4 members (excludes halogenated alkanes) is 1. The third-order valence-electron chi connectivity index (χ3n) is 12.8. The van der Waals surface area contributed by atoms with Crippen LogP contribution in [0, 0.1) is 23.7 Å². The lowest BCUT2D eigenvalue weighted by molar-refractivity contribution is -0.295. The van der Waals surface area contributed by atoms with Gasteiger partial charge in [0.1, 0.15) is 23.9 Å². The molecule has 0 aromatic carbocycles. The van der Waals surface area contributed by atoms with Gasteiger partial charge in [-0.05, 0) is 86.0 Å². The van der Waals surface area contributed by atoms with Gasteiger partial charge in [-0.25, -0.2) is 9.78 Å². The predicted octanol–water partition coefficient (Wildman–Crippen LogP) is 4.93. The number of amides is 1. The van der Waals surface area contributed by atoms with Crippen molar-refractivity contribution < 1.29 is 48.0 Å². The molecular weight excluding hydrogens is 746 g/mol. The molecule has 0 bridgehead atoms. The molecule has 1 N–H and O–H groups in total. The number of carbonyl (C=O) groups is 4. The molecule has 0 aliphatic carbocycles. The second-order valence-corrected chi connectivity index (χ2v) is 17.3. The molecule has 5 rings (SSSR count). The van der Waals surface area contributed by atoms with Crippen molar-refractivity contribution in [1.29, 1.82) is 0 Å². The fourth-order valence-corrected chi connectivity index (χ4v) is 9.43. The topological polar surface area (TPSA) is 172 Å². The Morgan fingerprint density at radius 1 is 1.02 bits per heavy atom. The second kappa shape index (κ2) is 18.7. The summed E-state index contributed by atoms with van der Waals surface area (Å²) < 4.78 is 33.2. The van der Waals surface area contributed by atoms with Gasteiger partial charge in [-0.3, -0.25) is 19.4 Å². The first-order valence-electron chi connectivity index (χ1n) is 20.8. The van der Waals surface area contributed by atoms with Gasteiger partial charge in [-0.2, -0.15) is 0 Å². The van der Waals surface area contributed by atoms with Crippen LogP contribution in [0.5, 0.6) is 0 Å². The van der Waals surface area contributed by atoms with E-state index < -0.39 is 83.4 Å². The molecule has 3 aliphatic rings. The van der Waals surface area contributed by atoms with Gasteiger partial charge in [0, 0.05) is 68.1 Å². The van der Waals surface area contributed by atoms with Gasteiger partial charge in [0.25, 0.3) is 0 Å². The van der Waals surface area contributed by atoms with Crippen molar-refractivity contribution in [2.75, 3.05) is 27.7 Å². The van der Waals surface area contributed by atoms with Crippen molar-refractivity contribution in [3.05, 3.63) is 37.1 Å². The van der Waals surface area contributed by atoms with Gasteiger partial charge >= 0.3 is 12.1 Å². The number of pyridine rings is 1. The summed E-state index contributed by atoms with van der Waals surface area (Å²) >= 11 is 0. The molecule has 0 radical (unpaired) electrons. The monoisotopic (exact) mass is 811 g/mol. The van der Waals surface area contributed by atoms with Crippen molar-refractivity contribution in [3.8, 4) is 11.3 Å². The molecule has 2 aromatic heterocycles. The summed E-state index contributed by atoms with van der Waals surface area (Å²) in [6, 6.07) is 2.74. The summed E-state index contributed by atoms with van der Waals surface area (Å²) in [4.78, 5) is 69.0. The Labute approximate surface area is 343 Å². The number of hydrogen-bond acceptors (Lipinski definition) is 13. The van der Waals surface area contributed by atoms with Gasteiger partial charge < -0.3 is 43.2 Å². The molecule has 2 aromatic rings. The number of nitrogens with zero attached hydrogens (tertiary/aromatic N) is 5. The molecule has 58 heavy (non-hydrogen) atoms. The van der Waals surface area contributed by atoms with E-state index in [1.807, 2.05) is 62.7 Å². The van der Waals surface area contributed by atoms with Gasteiger partial charge in [0.2, 0.25) is 0 Å². The molecule has 15 nitrogen and oxygen atoms in total. The molecule has 3 saturated heterocycles. The number of aliphatic hydroxyl groups excluding tert-OH is 1. The number of fused-ring (bicyclic) bond motifs is 1. The van der Waals surface area contributed by atoms with E-state index in [0.717, 1.165) is 11.3 Å². The van der Waals surface area contributed by atoms with E-state index in [2.05, 4.69) is 9.97 Å². The van der Waals surface area contributed by atoms with Crippen molar-refractivity contribution in [1.82, 2.24) is 24.3 Å². The van der Waals surface area contributed by atoms with Crippen LogP contribution in [-0.4, -0.2) is 135 Å². The molecule has 13 atom stereocenters. The van der Waals surface area contributed by atoms with Crippen LogP contribution < -0.4 is 0 Å². The minimum atomic E-state index is -1.40. The van der Waals surface area contributed by atoms with E-state index in [1.54, 1.807) is 51.3 Å². The Hall–Kier alpha value is -3.76. The minimum Gasteiger partial charge on any atom is -0.458 e. The van der Waals surface area contributed by atoms with E-state index in [-0.39, 0.29) is 30.8 Å². The number of aliphatic hydroxyl groups is 1. The first-order valence-corrected chi connectivity index (χ1v) is 20.8. The normalized spacial score (nSPS) is 36.7. The van der Waals surface area contributed by atoms with Crippen LogP contribution in [0.2, 0.25) is 0 Å². The smallest absolute Gasteiger partial charge is 0.410 e. The highest BCUT2D eigenvalue weighted by atomic mass is 16.7. The third kappa shape index (κ3) is 9.33. The Morgan fingerprint density at radius 2 is 1.72 bits per heavy atom. The quantitative estimate of drug-likeness (QED) is 0.184. The second-order valence-electron chi connectivity index (χ2n) is 17.3. The molecule has 0 spiro atoms.